The van der Waals surface area contributed by atoms with Gasteiger partial charge in [0.15, 0.2) is 0 Å². The van der Waals surface area contributed by atoms with E-state index in [0.29, 0.717) is 36.7 Å². The van der Waals surface area contributed by atoms with Gasteiger partial charge in [-0.2, -0.15) is 0 Å². The molecule has 1 aliphatic heterocycles. The van der Waals surface area contributed by atoms with Crippen LogP contribution in [-0.4, -0.2) is 44.5 Å². The average Bonchev–Trinajstić information content (AvgIpc) is 3.15. The van der Waals surface area contributed by atoms with Gasteiger partial charge in [-0.05, 0) is 65.8 Å². The molecule has 0 bridgehead atoms. The number of rotatable bonds is 7. The normalized spacial score (nSPS) is 16.4. The van der Waals surface area contributed by atoms with E-state index in [1.54, 1.807) is 36.4 Å². The number of ether oxygens (including phenoxy) is 2. The van der Waals surface area contributed by atoms with Gasteiger partial charge in [-0.25, -0.2) is 13.4 Å². The van der Waals surface area contributed by atoms with E-state index in [1.807, 2.05) is 7.05 Å². The highest BCUT2D eigenvalue weighted by molar-refractivity contribution is 9.10. The average molecular weight is 608 g/mol. The summed E-state index contributed by atoms with van der Waals surface area (Å²) in [4.78, 5) is 6.22. The van der Waals surface area contributed by atoms with Crippen molar-refractivity contribution < 1.29 is 17.9 Å². The van der Waals surface area contributed by atoms with Gasteiger partial charge in [-0.15, -0.1) is 0 Å². The van der Waals surface area contributed by atoms with Gasteiger partial charge < -0.3 is 14.4 Å². The molecule has 1 N–H and O–H groups in total. The summed E-state index contributed by atoms with van der Waals surface area (Å²) in [5.41, 5.74) is 0.316. The number of halogens is 4. The van der Waals surface area contributed by atoms with Gasteiger partial charge in [0.1, 0.15) is 22.5 Å². The number of nitrogens with zero attached hydrogens (tertiary/aromatic N) is 2. The van der Waals surface area contributed by atoms with E-state index in [0.717, 1.165) is 19.5 Å². The maximum Gasteiger partial charge on any atom is 0.263 e. The molecule has 1 atom stereocenters. The van der Waals surface area contributed by atoms with Crippen molar-refractivity contribution in [3.63, 3.8) is 0 Å². The summed E-state index contributed by atoms with van der Waals surface area (Å²) in [5.74, 6) is 0.938. The maximum absolute atomic E-state index is 13.0. The van der Waals surface area contributed by atoms with E-state index >= 15 is 0 Å². The first-order valence-corrected chi connectivity index (χ1v) is 13.5. The summed E-state index contributed by atoms with van der Waals surface area (Å²) in [7, 11) is -1.94. The Morgan fingerprint density at radius 3 is 2.50 bits per heavy atom. The van der Waals surface area contributed by atoms with E-state index in [-0.39, 0.29) is 16.9 Å². The highest BCUT2D eigenvalue weighted by atomic mass is 79.9. The van der Waals surface area contributed by atoms with Gasteiger partial charge in [0.2, 0.25) is 5.88 Å². The van der Waals surface area contributed by atoms with Crippen LogP contribution in [0, 0.1) is 0 Å². The van der Waals surface area contributed by atoms with Crippen LogP contribution < -0.4 is 14.2 Å². The fraction of sp³-hybridized carbons (Fsp3) is 0.227. The molecular weight excluding hydrogens is 589 g/mol. The van der Waals surface area contributed by atoms with Gasteiger partial charge in [-0.3, -0.25) is 4.72 Å². The summed E-state index contributed by atoms with van der Waals surface area (Å²) in [6, 6.07) is 10.8. The molecule has 2 aromatic carbocycles. The summed E-state index contributed by atoms with van der Waals surface area (Å²) < 4.78 is 40.5. The molecule has 2 heterocycles. The third-order valence-electron chi connectivity index (χ3n) is 4.97. The molecule has 1 unspecified atom stereocenters. The molecule has 0 aliphatic carbocycles. The molecule has 0 saturated carbocycles. The molecule has 0 spiro atoms. The number of nitrogens with one attached hydrogen (secondary N) is 1. The van der Waals surface area contributed by atoms with Crippen molar-refractivity contribution in [1.82, 2.24) is 9.88 Å². The molecule has 34 heavy (non-hydrogen) atoms. The Morgan fingerprint density at radius 2 is 1.85 bits per heavy atom. The van der Waals surface area contributed by atoms with Crippen molar-refractivity contribution in [2.24, 2.45) is 0 Å². The molecule has 1 aromatic heterocycles. The Labute approximate surface area is 221 Å². The molecule has 0 radical (unpaired) electrons. The molecule has 0 amide bonds. The standard InChI is InChI=1S/C22H19BrCl3N3O4S/c1-29-5-4-16(12-29)32-21-9-15(2-3-20(21)26)28-34(30,31)18-10-19(23)22(27-11-18)33-17-7-13(24)6-14(25)8-17/h2-3,6-11,16,28H,4-5,12H2,1H3. The van der Waals surface area contributed by atoms with Crippen LogP contribution >= 0.6 is 50.7 Å². The van der Waals surface area contributed by atoms with Crippen LogP contribution in [-0.2, 0) is 10.0 Å². The third-order valence-corrected chi connectivity index (χ3v) is 7.63. The van der Waals surface area contributed by atoms with E-state index in [9.17, 15) is 8.42 Å². The summed E-state index contributed by atoms with van der Waals surface area (Å²) in [5, 5.41) is 1.20. The monoisotopic (exact) mass is 605 g/mol. The zero-order valence-corrected chi connectivity index (χ0v) is 22.4. The molecule has 12 heteroatoms. The number of anilines is 1. The van der Waals surface area contributed by atoms with Crippen LogP contribution in [0.3, 0.4) is 0 Å². The smallest absolute Gasteiger partial charge is 0.263 e. The van der Waals surface area contributed by atoms with Crippen LogP contribution in [0.15, 0.2) is 58.0 Å². The number of hydrogen-bond acceptors (Lipinski definition) is 6. The number of likely N-dealkylation sites (tertiary alicyclic amines) is 1. The number of hydrogen-bond donors (Lipinski definition) is 1. The van der Waals surface area contributed by atoms with Crippen LogP contribution in [0.2, 0.25) is 15.1 Å². The third kappa shape index (κ3) is 6.27. The Hall–Kier alpha value is -1.75. The Kier molecular flexibility index (Phi) is 7.81. The summed E-state index contributed by atoms with van der Waals surface area (Å²) >= 11 is 21.5. The molecular formula is C22H19BrCl3N3O4S. The highest BCUT2D eigenvalue weighted by Crippen LogP contribution is 2.34. The lowest BCUT2D eigenvalue weighted by Gasteiger charge is -2.16. The van der Waals surface area contributed by atoms with E-state index in [4.69, 9.17) is 44.3 Å². The number of sulfonamides is 1. The second-order valence-corrected chi connectivity index (χ2v) is 11.5. The van der Waals surface area contributed by atoms with Crippen LogP contribution in [0.25, 0.3) is 0 Å². The molecule has 180 valence electrons. The zero-order valence-electron chi connectivity index (χ0n) is 17.8. The van der Waals surface area contributed by atoms with Gasteiger partial charge in [-0.1, -0.05) is 34.8 Å². The Bertz CT molecular complexity index is 1310. The molecule has 3 aromatic rings. The van der Waals surface area contributed by atoms with Gasteiger partial charge in [0.25, 0.3) is 10.0 Å². The molecule has 7 nitrogen and oxygen atoms in total. The molecule has 4 rings (SSSR count). The topological polar surface area (TPSA) is 80.8 Å². The first-order valence-electron chi connectivity index (χ1n) is 10.1. The summed E-state index contributed by atoms with van der Waals surface area (Å²) in [6.07, 6.45) is 2.06. The lowest BCUT2D eigenvalue weighted by atomic mass is 10.3. The van der Waals surface area contributed by atoms with Crippen LogP contribution in [0.1, 0.15) is 6.42 Å². The second-order valence-electron chi connectivity index (χ2n) is 7.71. The van der Waals surface area contributed by atoms with Crippen LogP contribution in [0.5, 0.6) is 17.4 Å². The van der Waals surface area contributed by atoms with E-state index < -0.39 is 10.0 Å². The molecule has 1 aliphatic rings. The van der Waals surface area contributed by atoms with Gasteiger partial charge >= 0.3 is 0 Å². The predicted molar refractivity (Wildman–Crippen MR) is 137 cm³/mol. The number of aromatic nitrogens is 1. The van der Waals surface area contributed by atoms with Crippen molar-refractivity contribution >= 4 is 66.4 Å². The number of likely N-dealkylation sites (N-methyl/N-ethyl adjacent to an activating group) is 1. The minimum atomic E-state index is -3.95. The Balaban J connectivity index is 1.51. The van der Waals surface area contributed by atoms with Crippen molar-refractivity contribution in [2.75, 3.05) is 24.9 Å². The first-order chi connectivity index (χ1) is 16.1. The maximum atomic E-state index is 13.0. The SMILES string of the molecule is CN1CCC(Oc2cc(NS(=O)(=O)c3cnc(Oc4cc(Cl)cc(Cl)c4)c(Br)c3)ccc2Cl)C1. The minimum absolute atomic E-state index is 0.00330. The lowest BCUT2D eigenvalue weighted by Crippen LogP contribution is -2.21. The van der Waals surface area contributed by atoms with E-state index in [1.165, 1.54) is 12.3 Å². The number of pyridine rings is 1. The Morgan fingerprint density at radius 1 is 1.12 bits per heavy atom. The van der Waals surface area contributed by atoms with Crippen molar-refractivity contribution in [2.45, 2.75) is 17.4 Å². The fourth-order valence-corrected chi connectivity index (χ4v) is 5.64. The van der Waals surface area contributed by atoms with Crippen molar-refractivity contribution in [3.8, 4) is 17.4 Å². The van der Waals surface area contributed by atoms with Crippen molar-refractivity contribution in [3.05, 3.63) is 68.2 Å². The van der Waals surface area contributed by atoms with Gasteiger partial charge in [0.05, 0.1) is 21.4 Å². The predicted octanol–water partition coefficient (Wildman–Crippen LogP) is 6.48. The minimum Gasteiger partial charge on any atom is -0.487 e. The zero-order chi connectivity index (χ0) is 24.5. The largest absolute Gasteiger partial charge is 0.487 e. The quantitative estimate of drug-likeness (QED) is 0.331. The van der Waals surface area contributed by atoms with Gasteiger partial charge in [0, 0.05) is 29.2 Å². The summed E-state index contributed by atoms with van der Waals surface area (Å²) in [6.45, 7) is 1.71. The first kappa shape index (κ1) is 25.3. The second kappa shape index (κ2) is 10.5. The fourth-order valence-electron chi connectivity index (χ4n) is 3.37. The highest BCUT2D eigenvalue weighted by Gasteiger charge is 2.23. The lowest BCUT2D eigenvalue weighted by molar-refractivity contribution is 0.208. The molecule has 1 saturated heterocycles. The van der Waals surface area contributed by atoms with Crippen LogP contribution in [0.4, 0.5) is 5.69 Å². The number of benzene rings is 2. The molecule has 1 fully saturated rings. The van der Waals surface area contributed by atoms with E-state index in [2.05, 4.69) is 30.5 Å². The van der Waals surface area contributed by atoms with Crippen molar-refractivity contribution in [1.29, 1.82) is 0 Å².